The van der Waals surface area contributed by atoms with Gasteiger partial charge in [0.15, 0.2) is 0 Å². The van der Waals surface area contributed by atoms with Gasteiger partial charge in [0, 0.05) is 17.3 Å². The summed E-state index contributed by atoms with van der Waals surface area (Å²) in [5.41, 5.74) is 0. The molecule has 0 bridgehead atoms. The van der Waals surface area contributed by atoms with Gasteiger partial charge in [0.2, 0.25) is 11.8 Å². The molecule has 2 amide bonds. The zero-order valence-electron chi connectivity index (χ0n) is 7.89. The Morgan fingerprint density at radius 3 is 2.88 bits per heavy atom. The molecule has 0 saturated heterocycles. The number of nitrogens with zero attached hydrogens (tertiary/aromatic N) is 2. The Hall–Kier alpha value is -1.45. The Kier molecular flexibility index (Phi) is 4.40. The van der Waals surface area contributed by atoms with E-state index in [4.69, 9.17) is 16.3 Å². The lowest BCUT2D eigenvalue weighted by Gasteiger charge is -2.08. The lowest BCUT2D eigenvalue weighted by Crippen LogP contribution is -2.30. The predicted molar refractivity (Wildman–Crippen MR) is 54.7 cm³/mol. The molecular weight excluding hydrogens is 260 g/mol. The smallest absolute Gasteiger partial charge is 0.332 e. The molecular formula is C6H6ClN4O4S-. The highest BCUT2D eigenvalue weighted by Crippen LogP contribution is 2.15. The van der Waals surface area contributed by atoms with Gasteiger partial charge in [0.1, 0.15) is 5.15 Å². The third-order valence-corrected chi connectivity index (χ3v) is 1.83. The van der Waals surface area contributed by atoms with Crippen LogP contribution in [0.3, 0.4) is 0 Å². The van der Waals surface area contributed by atoms with Gasteiger partial charge >= 0.3 is 6.03 Å². The molecule has 0 saturated carbocycles. The highest BCUT2D eigenvalue weighted by molar-refractivity contribution is 7.77. The number of nitrogens with one attached hydrogen (secondary N) is 2. The molecule has 0 aliphatic carbocycles. The van der Waals surface area contributed by atoms with E-state index in [9.17, 15) is 13.6 Å². The van der Waals surface area contributed by atoms with Crippen molar-refractivity contribution in [1.82, 2.24) is 14.7 Å². The molecule has 1 unspecified atom stereocenters. The maximum absolute atomic E-state index is 11.0. The topological polar surface area (TPSA) is 116 Å². The Bertz CT molecular complexity index is 429. The monoisotopic (exact) mass is 265 g/mol. The average Bonchev–Trinajstić information content (AvgIpc) is 2.14. The van der Waals surface area contributed by atoms with E-state index >= 15 is 0 Å². The first kappa shape index (κ1) is 12.6. The van der Waals surface area contributed by atoms with Gasteiger partial charge in [-0.3, -0.25) is 14.2 Å². The summed E-state index contributed by atoms with van der Waals surface area (Å²) in [5.74, 6) is -0.0363. The molecule has 0 fully saturated rings. The number of carbonyl (C=O) groups is 1. The minimum atomic E-state index is -2.71. The number of aromatic nitrogens is 2. The lowest BCUT2D eigenvalue weighted by molar-refractivity contribution is 0.256. The van der Waals surface area contributed by atoms with Crippen LogP contribution in [0.2, 0.25) is 5.15 Å². The Morgan fingerprint density at radius 2 is 2.31 bits per heavy atom. The van der Waals surface area contributed by atoms with Crippen LogP contribution in [0.15, 0.2) is 6.07 Å². The van der Waals surface area contributed by atoms with Crippen molar-refractivity contribution in [3.05, 3.63) is 11.2 Å². The fourth-order valence-corrected chi connectivity index (χ4v) is 1.14. The van der Waals surface area contributed by atoms with Crippen molar-refractivity contribution in [2.45, 2.75) is 0 Å². The molecule has 1 heterocycles. The molecule has 1 aromatic heterocycles. The highest BCUT2D eigenvalue weighted by Gasteiger charge is 2.07. The normalized spacial score (nSPS) is 11.7. The minimum absolute atomic E-state index is 0.0467. The first-order valence-corrected chi connectivity index (χ1v) is 5.22. The number of ether oxygens (including phenoxy) is 1. The Labute approximate surface area is 97.8 Å². The lowest BCUT2D eigenvalue weighted by atomic mass is 10.6. The van der Waals surface area contributed by atoms with Crippen LogP contribution in [0.4, 0.5) is 10.7 Å². The van der Waals surface area contributed by atoms with E-state index in [1.165, 1.54) is 13.2 Å². The largest absolute Gasteiger partial charge is 0.755 e. The third-order valence-electron chi connectivity index (χ3n) is 1.28. The molecule has 16 heavy (non-hydrogen) atoms. The number of urea groups is 1. The van der Waals surface area contributed by atoms with E-state index in [2.05, 4.69) is 15.3 Å². The van der Waals surface area contributed by atoms with Gasteiger partial charge in [-0.15, -0.1) is 0 Å². The van der Waals surface area contributed by atoms with E-state index in [0.29, 0.717) is 0 Å². The number of rotatable bonds is 3. The summed E-state index contributed by atoms with van der Waals surface area (Å²) < 4.78 is 26.6. The summed E-state index contributed by atoms with van der Waals surface area (Å²) in [6.45, 7) is 0. The van der Waals surface area contributed by atoms with Gasteiger partial charge in [-0.2, -0.15) is 4.98 Å². The molecule has 0 aromatic carbocycles. The molecule has 0 aliphatic heterocycles. The summed E-state index contributed by atoms with van der Waals surface area (Å²) in [6, 6.07) is 0.328. The zero-order valence-corrected chi connectivity index (χ0v) is 9.46. The van der Waals surface area contributed by atoms with Gasteiger partial charge in [-0.1, -0.05) is 11.6 Å². The Morgan fingerprint density at radius 1 is 1.62 bits per heavy atom. The van der Waals surface area contributed by atoms with Gasteiger partial charge in [-0.25, -0.2) is 9.78 Å². The molecule has 2 N–H and O–H groups in total. The second kappa shape index (κ2) is 5.58. The minimum Gasteiger partial charge on any atom is -0.755 e. The summed E-state index contributed by atoms with van der Waals surface area (Å²) in [5, 5.41) is 2.11. The maximum atomic E-state index is 11.0. The van der Waals surface area contributed by atoms with Crippen LogP contribution in [-0.2, 0) is 11.3 Å². The van der Waals surface area contributed by atoms with Crippen molar-refractivity contribution in [3.63, 3.8) is 0 Å². The number of hydrogen-bond acceptors (Lipinski definition) is 6. The molecule has 8 nitrogen and oxygen atoms in total. The number of halogens is 1. The van der Waals surface area contributed by atoms with Crippen molar-refractivity contribution in [2.75, 3.05) is 12.4 Å². The molecule has 0 aliphatic rings. The standard InChI is InChI=1S/C6H7ClN4O4S/c1-15-4-2-3(7)8-5(9-4)10-6(12)11-16(13)14/h2H,1H3,(H,13,14)(H2,8,9,10,11,12)/p-1. The van der Waals surface area contributed by atoms with Crippen LogP contribution in [0.5, 0.6) is 5.88 Å². The number of methoxy groups -OCH3 is 1. The van der Waals surface area contributed by atoms with Gasteiger partial charge in [0.25, 0.3) is 0 Å². The number of amides is 2. The summed E-state index contributed by atoms with van der Waals surface area (Å²) in [7, 11) is 1.36. The van der Waals surface area contributed by atoms with Crippen molar-refractivity contribution >= 4 is 34.8 Å². The molecule has 1 atom stereocenters. The number of carbonyl (C=O) groups excluding carboxylic acids is 1. The summed E-state index contributed by atoms with van der Waals surface area (Å²) in [6.07, 6.45) is 0. The second-order valence-electron chi connectivity index (χ2n) is 2.35. The molecule has 88 valence electrons. The molecule has 1 rings (SSSR count). The van der Waals surface area contributed by atoms with Crippen LogP contribution in [0.25, 0.3) is 0 Å². The van der Waals surface area contributed by atoms with Gasteiger partial charge in [0.05, 0.1) is 7.11 Å². The van der Waals surface area contributed by atoms with E-state index in [0.717, 1.165) is 0 Å². The van der Waals surface area contributed by atoms with E-state index in [1.807, 2.05) is 0 Å². The summed E-state index contributed by atoms with van der Waals surface area (Å²) >= 11 is 2.88. The van der Waals surface area contributed by atoms with Crippen LogP contribution in [-0.4, -0.2) is 31.9 Å². The quantitative estimate of drug-likeness (QED) is 0.589. The second-order valence-corrected chi connectivity index (χ2v) is 3.41. The number of anilines is 1. The van der Waals surface area contributed by atoms with E-state index in [-0.39, 0.29) is 17.0 Å². The first-order valence-electron chi connectivity index (χ1n) is 3.76. The van der Waals surface area contributed by atoms with Crippen LogP contribution in [0.1, 0.15) is 0 Å². The summed E-state index contributed by atoms with van der Waals surface area (Å²) in [4.78, 5) is 18.3. The highest BCUT2D eigenvalue weighted by atomic mass is 35.5. The van der Waals surface area contributed by atoms with E-state index in [1.54, 1.807) is 4.72 Å². The van der Waals surface area contributed by atoms with E-state index < -0.39 is 17.3 Å². The fourth-order valence-electron chi connectivity index (χ4n) is 0.760. The number of hydrogen-bond donors (Lipinski definition) is 2. The Balaban J connectivity index is 2.76. The van der Waals surface area contributed by atoms with Crippen LogP contribution in [0, 0.1) is 0 Å². The first-order chi connectivity index (χ1) is 7.51. The zero-order chi connectivity index (χ0) is 12.1. The molecule has 1 aromatic rings. The average molecular weight is 266 g/mol. The van der Waals surface area contributed by atoms with Crippen LogP contribution < -0.4 is 14.8 Å². The van der Waals surface area contributed by atoms with Gasteiger partial charge < -0.3 is 9.29 Å². The maximum Gasteiger partial charge on any atom is 0.332 e. The van der Waals surface area contributed by atoms with Crippen molar-refractivity contribution in [3.8, 4) is 5.88 Å². The van der Waals surface area contributed by atoms with Crippen LogP contribution >= 0.6 is 11.6 Å². The predicted octanol–water partition coefficient (Wildman–Crippen LogP) is 0.0542. The molecule has 10 heteroatoms. The van der Waals surface area contributed by atoms with Crippen molar-refractivity contribution in [1.29, 1.82) is 0 Å². The SMILES string of the molecule is COc1cc(Cl)nc(NC(=O)NS(=O)[O-])n1. The molecule has 0 spiro atoms. The van der Waals surface area contributed by atoms with Gasteiger partial charge in [-0.05, 0) is 0 Å². The molecule has 0 radical (unpaired) electrons. The fraction of sp³-hybridized carbons (Fsp3) is 0.167. The van der Waals surface area contributed by atoms with Crippen molar-refractivity contribution in [2.24, 2.45) is 0 Å². The van der Waals surface area contributed by atoms with Crippen molar-refractivity contribution < 1.29 is 18.3 Å². The third kappa shape index (κ3) is 3.96.